The van der Waals surface area contributed by atoms with Crippen molar-refractivity contribution >= 4 is 17.6 Å². The quantitative estimate of drug-likeness (QED) is 0.326. The Bertz CT molecular complexity index is 1710. The first-order chi connectivity index (χ1) is 19.9. The Morgan fingerprint density at radius 3 is 2.36 bits per heavy atom. The Hall–Kier alpha value is -4.80. The van der Waals surface area contributed by atoms with E-state index in [-0.39, 0.29) is 11.2 Å². The molecule has 4 rings (SSSR count). The van der Waals surface area contributed by atoms with Crippen molar-refractivity contribution in [3.8, 4) is 11.3 Å². The molecule has 0 unspecified atom stereocenters. The lowest BCUT2D eigenvalue weighted by atomic mass is 10.0. The van der Waals surface area contributed by atoms with Gasteiger partial charge in [-0.2, -0.15) is 0 Å². The molecule has 0 amide bonds. The number of aliphatic imine (C=N–C) groups is 1. The summed E-state index contributed by atoms with van der Waals surface area (Å²) in [6, 6.07) is 8.19. The van der Waals surface area contributed by atoms with Crippen molar-refractivity contribution in [3.05, 3.63) is 117 Å². The first kappa shape index (κ1) is 30.2. The number of nitrogens with one attached hydrogen (secondary N) is 1. The highest BCUT2D eigenvalue weighted by Gasteiger charge is 2.23. The molecule has 7 nitrogen and oxygen atoms in total. The molecule has 11 heteroatoms. The molecule has 1 aliphatic heterocycles. The third kappa shape index (κ3) is 6.24. The molecule has 0 spiro atoms. The van der Waals surface area contributed by atoms with Gasteiger partial charge in [-0.15, -0.1) is 0 Å². The highest BCUT2D eigenvalue weighted by atomic mass is 19.3. The first-order valence-corrected chi connectivity index (χ1v) is 13.0. The van der Waals surface area contributed by atoms with Crippen LogP contribution >= 0.6 is 0 Å². The summed E-state index contributed by atoms with van der Waals surface area (Å²) in [7, 11) is 3.45. The Morgan fingerprint density at radius 1 is 1.00 bits per heavy atom. The number of anilines is 1. The van der Waals surface area contributed by atoms with Gasteiger partial charge in [0.25, 0.3) is 12.0 Å². The summed E-state index contributed by atoms with van der Waals surface area (Å²) in [4.78, 5) is 28.2. The number of aromatic nitrogens is 3. The number of hydrogen-bond acceptors (Lipinski definition) is 6. The van der Waals surface area contributed by atoms with Crippen LogP contribution in [0.4, 0.5) is 23.2 Å². The topological polar surface area (TPSA) is 75.4 Å². The van der Waals surface area contributed by atoms with Crippen LogP contribution in [-0.4, -0.2) is 32.7 Å². The summed E-state index contributed by atoms with van der Waals surface area (Å²) in [6.07, 6.45) is 3.20. The third-order valence-electron chi connectivity index (χ3n) is 6.89. The number of nitrogens with zero attached hydrogens (tertiary/aromatic N) is 5. The van der Waals surface area contributed by atoms with Crippen molar-refractivity contribution in [1.29, 1.82) is 0 Å². The fourth-order valence-electron chi connectivity index (χ4n) is 4.52. The van der Waals surface area contributed by atoms with E-state index in [1.54, 1.807) is 81.8 Å². The molecule has 0 aliphatic carbocycles. The Labute approximate surface area is 240 Å². The number of benzene rings is 1. The van der Waals surface area contributed by atoms with Gasteiger partial charge >= 0.3 is 0 Å². The fraction of sp³-hybridized carbons (Fsp3) is 0.226. The molecule has 3 heterocycles. The summed E-state index contributed by atoms with van der Waals surface area (Å²) in [6.45, 7) is 9.13. The molecule has 1 atom stereocenters. The lowest BCUT2D eigenvalue weighted by Crippen LogP contribution is -2.20. The SMILES string of the molecule is C=C1C=NC=C(c2ncc(-c3ccc([C@@H](C)Nc4ccc(F)c(F)c4C(F)F)cc(C)cc(C)c(=O)n3C)cn2)N1C. The Balaban J connectivity index is 1.82. The van der Waals surface area contributed by atoms with E-state index in [0.717, 1.165) is 17.7 Å². The zero-order valence-corrected chi connectivity index (χ0v) is 23.8. The van der Waals surface area contributed by atoms with Gasteiger partial charge in [-0.1, -0.05) is 30.3 Å². The van der Waals surface area contributed by atoms with Crippen LogP contribution in [-0.2, 0) is 7.05 Å². The first-order valence-electron chi connectivity index (χ1n) is 13.0. The molecule has 0 fully saturated rings. The largest absolute Gasteiger partial charge is 0.378 e. The zero-order valence-electron chi connectivity index (χ0n) is 23.8. The number of rotatable bonds is 6. The second-order valence-electron chi connectivity index (χ2n) is 9.93. The van der Waals surface area contributed by atoms with Crippen molar-refractivity contribution in [2.75, 3.05) is 12.4 Å². The summed E-state index contributed by atoms with van der Waals surface area (Å²) < 4.78 is 56.7. The van der Waals surface area contributed by atoms with Crippen LogP contribution in [0.2, 0.25) is 0 Å². The minimum atomic E-state index is -3.22. The van der Waals surface area contributed by atoms with Gasteiger partial charge in [0.2, 0.25) is 0 Å². The van der Waals surface area contributed by atoms with Crippen LogP contribution in [0.1, 0.15) is 47.5 Å². The average Bonchev–Trinajstić information content (AvgIpc) is 2.95. The number of alkyl halides is 2. The molecule has 2 aromatic heterocycles. The summed E-state index contributed by atoms with van der Waals surface area (Å²) in [5.74, 6) is -2.53. The van der Waals surface area contributed by atoms with Crippen molar-refractivity contribution < 1.29 is 17.6 Å². The van der Waals surface area contributed by atoms with Gasteiger partial charge in [-0.25, -0.2) is 27.5 Å². The maximum absolute atomic E-state index is 14.2. The minimum absolute atomic E-state index is 0.221. The third-order valence-corrected chi connectivity index (χ3v) is 6.89. The van der Waals surface area contributed by atoms with E-state index in [2.05, 4.69) is 26.9 Å². The molecule has 1 aliphatic rings. The molecule has 0 saturated carbocycles. The zero-order chi connectivity index (χ0) is 30.7. The maximum atomic E-state index is 14.2. The summed E-state index contributed by atoms with van der Waals surface area (Å²) in [5.41, 5.74) is 2.67. The van der Waals surface area contributed by atoms with Gasteiger partial charge in [-0.3, -0.25) is 9.79 Å². The molecular weight excluding hydrogens is 548 g/mol. The van der Waals surface area contributed by atoms with Gasteiger partial charge in [0.15, 0.2) is 17.5 Å². The van der Waals surface area contributed by atoms with E-state index in [1.165, 1.54) is 4.57 Å². The lowest BCUT2D eigenvalue weighted by Gasteiger charge is -2.23. The van der Waals surface area contributed by atoms with Crippen LogP contribution in [0.15, 0.2) is 77.1 Å². The van der Waals surface area contributed by atoms with Crippen LogP contribution < -0.4 is 10.9 Å². The minimum Gasteiger partial charge on any atom is -0.378 e. The maximum Gasteiger partial charge on any atom is 0.268 e. The lowest BCUT2D eigenvalue weighted by molar-refractivity contribution is 0.146. The molecular formula is C31H30F4N6O. The number of aryl methyl sites for hydroxylation is 2. The van der Waals surface area contributed by atoms with Crippen LogP contribution in [0, 0.1) is 25.5 Å². The summed E-state index contributed by atoms with van der Waals surface area (Å²) in [5, 5.41) is 2.89. The van der Waals surface area contributed by atoms with Crippen molar-refractivity contribution in [3.63, 3.8) is 0 Å². The van der Waals surface area contributed by atoms with Crippen molar-refractivity contribution in [2.45, 2.75) is 33.2 Å². The predicted molar refractivity (Wildman–Crippen MR) is 157 cm³/mol. The molecule has 218 valence electrons. The van der Waals surface area contributed by atoms with E-state index < -0.39 is 29.7 Å². The van der Waals surface area contributed by atoms with E-state index in [1.807, 2.05) is 7.05 Å². The molecule has 1 aromatic carbocycles. The highest BCUT2D eigenvalue weighted by molar-refractivity contribution is 5.84. The van der Waals surface area contributed by atoms with Gasteiger partial charge in [0, 0.05) is 55.6 Å². The van der Waals surface area contributed by atoms with E-state index in [4.69, 9.17) is 0 Å². The molecule has 0 bridgehead atoms. The van der Waals surface area contributed by atoms with E-state index in [0.29, 0.717) is 39.6 Å². The van der Waals surface area contributed by atoms with Crippen molar-refractivity contribution in [2.24, 2.45) is 12.0 Å². The average molecular weight is 579 g/mol. The van der Waals surface area contributed by atoms with Gasteiger partial charge < -0.3 is 14.8 Å². The van der Waals surface area contributed by atoms with Crippen LogP contribution in [0.5, 0.6) is 0 Å². The standard InChI is InChI=1S/C31H30F4N6O/c1-17-11-18(2)31(42)41(6)25(22-14-37-30(38-15-22)26-16-36-13-19(3)40(26)5)10-7-21(12-17)20(4)39-24-9-8-23(32)28(33)27(24)29(34)35/h7-16,20,29,39H,3H2,1-2,4-6H3/t20-/m1/s1. The molecule has 3 aromatic rings. The van der Waals surface area contributed by atoms with Gasteiger partial charge in [0.05, 0.1) is 23.2 Å². The normalized spacial score (nSPS) is 13.6. The predicted octanol–water partition coefficient (Wildman–Crippen LogP) is 6.80. The van der Waals surface area contributed by atoms with Gasteiger partial charge in [-0.05, 0) is 44.5 Å². The summed E-state index contributed by atoms with van der Waals surface area (Å²) >= 11 is 0. The van der Waals surface area contributed by atoms with Crippen LogP contribution in [0.3, 0.4) is 0 Å². The smallest absolute Gasteiger partial charge is 0.268 e. The van der Waals surface area contributed by atoms with Crippen molar-refractivity contribution in [1.82, 2.24) is 19.4 Å². The Morgan fingerprint density at radius 2 is 1.69 bits per heavy atom. The Kier molecular flexibility index (Phi) is 8.89. The van der Waals surface area contributed by atoms with Gasteiger partial charge in [0.1, 0.15) is 5.70 Å². The molecule has 0 radical (unpaired) electrons. The molecule has 42 heavy (non-hydrogen) atoms. The van der Waals surface area contributed by atoms with E-state index in [9.17, 15) is 22.4 Å². The number of hydrogen-bond donors (Lipinski definition) is 1. The van der Waals surface area contributed by atoms with Crippen LogP contribution in [0.25, 0.3) is 17.0 Å². The number of halogens is 4. The van der Waals surface area contributed by atoms with E-state index >= 15 is 0 Å². The monoisotopic (exact) mass is 578 g/mol. The second-order valence-corrected chi connectivity index (χ2v) is 9.93. The highest BCUT2D eigenvalue weighted by Crippen LogP contribution is 2.33. The fourth-order valence-corrected chi connectivity index (χ4v) is 4.52. The molecule has 0 saturated heterocycles. The number of allylic oxidation sites excluding steroid dienone is 1. The molecule has 1 N–H and O–H groups in total. The second kappa shape index (κ2) is 12.4.